The maximum atomic E-state index is 13.2. The number of benzene rings is 2. The zero-order valence-corrected chi connectivity index (χ0v) is 26.5. The number of hydrogen-bond acceptors (Lipinski definition) is 5. The van der Waals surface area contributed by atoms with Gasteiger partial charge in [-0.25, -0.2) is 9.98 Å². The van der Waals surface area contributed by atoms with E-state index in [2.05, 4.69) is 43.2 Å². The fraction of sp³-hybridized carbons (Fsp3) is 0.531. The Labute approximate surface area is 257 Å². The first-order chi connectivity index (χ1) is 20.0. The molecule has 0 amide bonds. The summed E-state index contributed by atoms with van der Waals surface area (Å²) in [6, 6.07) is 11.4. The van der Waals surface area contributed by atoms with E-state index in [1.54, 1.807) is 25.2 Å². The maximum Gasteiger partial charge on any atom is 0.261 e. The fourth-order valence-electron chi connectivity index (χ4n) is 7.16. The number of fused-ring (bicyclic) bond motifs is 3. The normalized spacial score (nSPS) is 27.1. The summed E-state index contributed by atoms with van der Waals surface area (Å²) in [5.41, 5.74) is 1.75. The van der Waals surface area contributed by atoms with Gasteiger partial charge in [0.15, 0.2) is 5.96 Å². The number of nitrogens with zero attached hydrogens (tertiary/aromatic N) is 4. The van der Waals surface area contributed by atoms with Crippen LogP contribution in [0.25, 0.3) is 10.9 Å². The molecule has 1 aliphatic heterocycles. The molecule has 224 valence electrons. The van der Waals surface area contributed by atoms with Crippen LogP contribution in [-0.4, -0.2) is 52.1 Å². The minimum Gasteiger partial charge on any atom is -0.484 e. The third-order valence-corrected chi connectivity index (χ3v) is 10.5. The Hall–Kier alpha value is -2.81. The van der Waals surface area contributed by atoms with Gasteiger partial charge >= 0.3 is 0 Å². The van der Waals surface area contributed by atoms with Crippen molar-refractivity contribution >= 4 is 45.8 Å². The molecule has 3 aliphatic carbocycles. The topological polar surface area (TPSA) is 83.8 Å². The molecule has 2 aromatic carbocycles. The van der Waals surface area contributed by atoms with Crippen molar-refractivity contribution in [1.82, 2.24) is 19.8 Å². The molecule has 4 fully saturated rings. The lowest BCUT2D eigenvalue weighted by Crippen LogP contribution is -2.57. The lowest BCUT2D eigenvalue weighted by molar-refractivity contribution is -0.108. The standard InChI is InChI=1S/C32H40Cl2N6O2/c1-18-16-40(11-10-35-18)31(38-26-13-20-12-24(19(26)2)32(20,3)4)36-22-7-8-23-27(15-22)37-29(39(5)30(23)41)17-42-28-9-6-21(33)14-25(28)34/h6-9,14-15,18-20,24,26,35H,10-13,16-17H2,1-5H3,(H,36,38)/t18-,19+,20-,24-,26-/m0/s1. The number of nitrogens with one attached hydrogen (secondary N) is 2. The molecule has 2 bridgehead atoms. The third kappa shape index (κ3) is 5.49. The van der Waals surface area contributed by atoms with Gasteiger partial charge in [-0.1, -0.05) is 44.0 Å². The van der Waals surface area contributed by atoms with Gasteiger partial charge in [-0.05, 0) is 79.3 Å². The highest BCUT2D eigenvalue weighted by atomic mass is 35.5. The highest BCUT2D eigenvalue weighted by Gasteiger charge is 2.56. The Kier molecular flexibility index (Phi) is 7.92. The van der Waals surface area contributed by atoms with Crippen molar-refractivity contribution in [3.63, 3.8) is 0 Å². The average molecular weight is 612 g/mol. The Bertz CT molecular complexity index is 1590. The van der Waals surface area contributed by atoms with E-state index in [-0.39, 0.29) is 12.2 Å². The van der Waals surface area contributed by atoms with Gasteiger partial charge in [0.05, 0.1) is 22.0 Å². The van der Waals surface area contributed by atoms with Crippen molar-refractivity contribution in [1.29, 1.82) is 0 Å². The van der Waals surface area contributed by atoms with Crippen LogP contribution in [0, 0.1) is 23.2 Å². The van der Waals surface area contributed by atoms with Crippen molar-refractivity contribution in [2.75, 3.05) is 25.0 Å². The van der Waals surface area contributed by atoms with Gasteiger partial charge in [0.1, 0.15) is 18.2 Å². The van der Waals surface area contributed by atoms with Crippen LogP contribution in [0.5, 0.6) is 5.75 Å². The Morgan fingerprint density at radius 3 is 2.71 bits per heavy atom. The number of halogens is 2. The number of aromatic nitrogens is 2. The number of hydrogen-bond donors (Lipinski definition) is 2. The first-order valence-corrected chi connectivity index (χ1v) is 15.7. The van der Waals surface area contributed by atoms with Crippen molar-refractivity contribution in [2.24, 2.45) is 35.2 Å². The van der Waals surface area contributed by atoms with E-state index >= 15 is 0 Å². The van der Waals surface area contributed by atoms with Gasteiger partial charge in [-0.15, -0.1) is 0 Å². The summed E-state index contributed by atoms with van der Waals surface area (Å²) in [5, 5.41) is 8.67. The van der Waals surface area contributed by atoms with E-state index in [1.165, 1.54) is 11.0 Å². The molecule has 0 spiro atoms. The SMILES string of the molecule is C[C@H]1[C@@H](N=C(Nc2ccc3c(=O)n(C)c(COc4ccc(Cl)cc4Cl)nc3c2)N2CCN[C@@H](C)C2)C[C@@H]2C[C@@H]1C2(C)C. The molecule has 7 rings (SSSR count). The molecule has 10 heteroatoms. The van der Waals surface area contributed by atoms with Crippen LogP contribution in [0.4, 0.5) is 5.69 Å². The van der Waals surface area contributed by atoms with Crippen LogP contribution in [0.1, 0.15) is 46.4 Å². The van der Waals surface area contributed by atoms with E-state index in [0.717, 1.165) is 49.5 Å². The highest BCUT2D eigenvalue weighted by Crippen LogP contribution is 2.61. The fourth-order valence-corrected chi connectivity index (χ4v) is 7.62. The second-order valence-electron chi connectivity index (χ2n) is 12.9. The van der Waals surface area contributed by atoms with E-state index in [1.807, 2.05) is 18.2 Å². The molecule has 1 aromatic heterocycles. The van der Waals surface area contributed by atoms with E-state index < -0.39 is 0 Å². The van der Waals surface area contributed by atoms with Crippen molar-refractivity contribution in [3.8, 4) is 5.75 Å². The number of rotatable bonds is 5. The predicted molar refractivity (Wildman–Crippen MR) is 171 cm³/mol. The first kappa shape index (κ1) is 29.3. The molecule has 0 radical (unpaired) electrons. The zero-order valence-electron chi connectivity index (χ0n) is 25.0. The molecular weight excluding hydrogens is 571 g/mol. The van der Waals surface area contributed by atoms with E-state index in [0.29, 0.717) is 55.9 Å². The molecule has 0 unspecified atom stereocenters. The van der Waals surface area contributed by atoms with Gasteiger partial charge in [-0.3, -0.25) is 9.36 Å². The second-order valence-corrected chi connectivity index (χ2v) is 13.7. The summed E-state index contributed by atoms with van der Waals surface area (Å²) in [6.45, 7) is 12.2. The van der Waals surface area contributed by atoms with Crippen LogP contribution in [0.3, 0.4) is 0 Å². The number of anilines is 1. The van der Waals surface area contributed by atoms with Gasteiger partial charge in [0.25, 0.3) is 5.56 Å². The average Bonchev–Trinajstić information content (AvgIpc) is 2.95. The zero-order chi connectivity index (χ0) is 29.8. The summed E-state index contributed by atoms with van der Waals surface area (Å²) in [4.78, 5) is 25.8. The van der Waals surface area contributed by atoms with Crippen LogP contribution in [-0.2, 0) is 13.7 Å². The number of ether oxygens (including phenoxy) is 1. The first-order valence-electron chi connectivity index (χ1n) is 14.9. The molecule has 1 saturated heterocycles. The smallest absolute Gasteiger partial charge is 0.261 e. The molecule has 2 heterocycles. The summed E-state index contributed by atoms with van der Waals surface area (Å²) in [5.74, 6) is 3.88. The molecule has 42 heavy (non-hydrogen) atoms. The summed E-state index contributed by atoms with van der Waals surface area (Å²) in [7, 11) is 1.70. The minimum atomic E-state index is -0.130. The minimum absolute atomic E-state index is 0.0876. The molecule has 3 saturated carbocycles. The van der Waals surface area contributed by atoms with Crippen LogP contribution in [0.15, 0.2) is 46.2 Å². The van der Waals surface area contributed by atoms with Gasteiger partial charge in [0.2, 0.25) is 0 Å². The number of guanidine groups is 1. The molecular formula is C32H40Cl2N6O2. The lowest BCUT2D eigenvalue weighted by atomic mass is 9.45. The maximum absolute atomic E-state index is 13.2. The molecule has 4 aliphatic rings. The van der Waals surface area contributed by atoms with Crippen molar-refractivity contribution in [3.05, 3.63) is 62.6 Å². The molecule has 8 nitrogen and oxygen atoms in total. The Balaban J connectivity index is 1.29. The van der Waals surface area contributed by atoms with Crippen LogP contribution >= 0.6 is 23.2 Å². The lowest BCUT2D eigenvalue weighted by Gasteiger charge is -2.61. The van der Waals surface area contributed by atoms with E-state index in [4.69, 9.17) is 37.9 Å². The van der Waals surface area contributed by atoms with Gasteiger partial charge in [-0.2, -0.15) is 0 Å². The van der Waals surface area contributed by atoms with E-state index in [9.17, 15) is 4.79 Å². The third-order valence-electron chi connectivity index (χ3n) is 9.95. The van der Waals surface area contributed by atoms with Gasteiger partial charge < -0.3 is 20.3 Å². The summed E-state index contributed by atoms with van der Waals surface area (Å²) < 4.78 is 7.43. The second kappa shape index (κ2) is 11.4. The molecule has 3 aromatic rings. The monoisotopic (exact) mass is 610 g/mol. The predicted octanol–water partition coefficient (Wildman–Crippen LogP) is 5.95. The Morgan fingerprint density at radius 2 is 2.00 bits per heavy atom. The largest absolute Gasteiger partial charge is 0.484 e. The van der Waals surface area contributed by atoms with Crippen LogP contribution < -0.4 is 20.9 Å². The Morgan fingerprint density at radius 1 is 1.19 bits per heavy atom. The quantitative estimate of drug-likeness (QED) is 0.274. The van der Waals surface area contributed by atoms with Gasteiger partial charge in [0, 0.05) is 43.4 Å². The highest BCUT2D eigenvalue weighted by molar-refractivity contribution is 6.35. The van der Waals surface area contributed by atoms with Crippen molar-refractivity contribution < 1.29 is 4.74 Å². The van der Waals surface area contributed by atoms with Crippen LogP contribution in [0.2, 0.25) is 10.0 Å². The number of piperazine rings is 1. The van der Waals surface area contributed by atoms with Crippen molar-refractivity contribution in [2.45, 2.75) is 59.2 Å². The number of aliphatic imine (C=N–C) groups is 1. The summed E-state index contributed by atoms with van der Waals surface area (Å²) in [6.07, 6.45) is 2.46. The molecule has 5 atom stereocenters. The summed E-state index contributed by atoms with van der Waals surface area (Å²) >= 11 is 12.3. The molecule has 2 N–H and O–H groups in total.